The van der Waals surface area contributed by atoms with E-state index in [-0.39, 0.29) is 11.9 Å². The molecule has 2 nitrogen and oxygen atoms in total. The van der Waals surface area contributed by atoms with Crippen molar-refractivity contribution in [2.75, 3.05) is 0 Å². The van der Waals surface area contributed by atoms with Crippen LogP contribution in [0.2, 0.25) is 0 Å². The highest BCUT2D eigenvalue weighted by atomic mass is 16.5. The molecule has 0 bridgehead atoms. The van der Waals surface area contributed by atoms with E-state index in [2.05, 4.69) is 12.1 Å². The summed E-state index contributed by atoms with van der Waals surface area (Å²) in [6.07, 6.45) is 0.956. The number of rotatable bonds is 1. The third-order valence-corrected chi connectivity index (χ3v) is 2.90. The molecule has 0 saturated carbocycles. The number of fused-ring (bicyclic) bond motifs is 1. The van der Waals surface area contributed by atoms with Crippen LogP contribution in [0.1, 0.15) is 17.2 Å². The monoisotopic (exact) mass is 212 g/mol. The van der Waals surface area contributed by atoms with Gasteiger partial charge in [0.2, 0.25) is 0 Å². The molecule has 0 saturated heterocycles. The van der Waals surface area contributed by atoms with E-state index in [1.54, 1.807) is 12.1 Å². The molecule has 1 unspecified atom stereocenters. The Balaban J connectivity index is 1.91. The molecule has 2 aromatic carbocycles. The number of phenols is 1. The van der Waals surface area contributed by atoms with Crippen molar-refractivity contribution in [1.82, 2.24) is 0 Å². The van der Waals surface area contributed by atoms with Gasteiger partial charge in [-0.15, -0.1) is 0 Å². The average Bonchev–Trinajstić information content (AvgIpc) is 2.73. The lowest BCUT2D eigenvalue weighted by Crippen LogP contribution is -2.02. The molecule has 0 aromatic heterocycles. The fourth-order valence-electron chi connectivity index (χ4n) is 2.07. The van der Waals surface area contributed by atoms with E-state index >= 15 is 0 Å². The Kier molecular flexibility index (Phi) is 2.07. The van der Waals surface area contributed by atoms with Gasteiger partial charge in [-0.25, -0.2) is 0 Å². The summed E-state index contributed by atoms with van der Waals surface area (Å²) in [5.74, 6) is 1.06. The van der Waals surface area contributed by atoms with Crippen LogP contribution >= 0.6 is 0 Å². The van der Waals surface area contributed by atoms with Gasteiger partial charge in [-0.3, -0.25) is 0 Å². The summed E-state index contributed by atoms with van der Waals surface area (Å²) < 4.78 is 5.81. The Morgan fingerprint density at radius 1 is 1.06 bits per heavy atom. The fourth-order valence-corrected chi connectivity index (χ4v) is 2.07. The second-order valence-corrected chi connectivity index (χ2v) is 4.01. The van der Waals surface area contributed by atoms with Crippen molar-refractivity contribution in [1.29, 1.82) is 0 Å². The highest BCUT2D eigenvalue weighted by molar-refractivity contribution is 5.44. The molecule has 0 aliphatic carbocycles. The van der Waals surface area contributed by atoms with Gasteiger partial charge in [-0.1, -0.05) is 36.4 Å². The molecule has 0 radical (unpaired) electrons. The van der Waals surface area contributed by atoms with Crippen molar-refractivity contribution in [2.45, 2.75) is 12.5 Å². The van der Waals surface area contributed by atoms with Crippen LogP contribution in [-0.4, -0.2) is 5.11 Å². The Morgan fingerprint density at radius 3 is 2.69 bits per heavy atom. The highest BCUT2D eigenvalue weighted by Crippen LogP contribution is 2.38. The van der Waals surface area contributed by atoms with Crippen molar-refractivity contribution in [3.63, 3.8) is 0 Å². The Morgan fingerprint density at radius 2 is 1.88 bits per heavy atom. The number of hydrogen-bond donors (Lipinski definition) is 1. The third kappa shape index (κ3) is 1.52. The maximum Gasteiger partial charge on any atom is 0.128 e. The molecule has 0 fully saturated rings. The minimum Gasteiger partial charge on any atom is -0.508 e. The summed E-state index contributed by atoms with van der Waals surface area (Å²) in [5, 5.41) is 9.37. The molecule has 0 amide bonds. The van der Waals surface area contributed by atoms with Gasteiger partial charge in [0.15, 0.2) is 0 Å². The maximum absolute atomic E-state index is 9.37. The molecular formula is C14H12O2. The molecule has 3 rings (SSSR count). The first-order chi connectivity index (χ1) is 7.83. The maximum atomic E-state index is 9.37. The first-order valence-corrected chi connectivity index (χ1v) is 5.36. The van der Waals surface area contributed by atoms with Crippen LogP contribution in [0.15, 0.2) is 48.5 Å². The summed E-state index contributed by atoms with van der Waals surface area (Å²) >= 11 is 0. The van der Waals surface area contributed by atoms with Crippen LogP contribution < -0.4 is 4.74 Å². The minimum atomic E-state index is 0.0815. The van der Waals surface area contributed by atoms with Gasteiger partial charge in [-0.2, -0.15) is 0 Å². The lowest BCUT2D eigenvalue weighted by atomic mass is 10.0. The average molecular weight is 212 g/mol. The predicted molar refractivity (Wildman–Crippen MR) is 61.6 cm³/mol. The van der Waals surface area contributed by atoms with E-state index in [9.17, 15) is 5.11 Å². The summed E-state index contributed by atoms with van der Waals surface area (Å²) in [6, 6.07) is 15.5. The minimum absolute atomic E-state index is 0.0815. The molecular weight excluding hydrogens is 200 g/mol. The Labute approximate surface area is 94.1 Å². The number of hydrogen-bond acceptors (Lipinski definition) is 2. The summed E-state index contributed by atoms with van der Waals surface area (Å²) in [5.41, 5.74) is 2.34. The normalized spacial score (nSPS) is 17.9. The van der Waals surface area contributed by atoms with Crippen LogP contribution in [0.3, 0.4) is 0 Å². The van der Waals surface area contributed by atoms with E-state index in [0.717, 1.165) is 17.7 Å². The zero-order valence-electron chi connectivity index (χ0n) is 8.76. The molecule has 1 N–H and O–H groups in total. The molecule has 1 heterocycles. The lowest BCUT2D eigenvalue weighted by molar-refractivity contribution is 0.238. The van der Waals surface area contributed by atoms with Crippen molar-refractivity contribution in [3.05, 3.63) is 59.7 Å². The molecule has 1 atom stereocenters. The van der Waals surface area contributed by atoms with Gasteiger partial charge in [0.1, 0.15) is 17.6 Å². The summed E-state index contributed by atoms with van der Waals surface area (Å²) in [4.78, 5) is 0. The Hall–Kier alpha value is -1.96. The number of aromatic hydroxyl groups is 1. The zero-order chi connectivity index (χ0) is 11.0. The van der Waals surface area contributed by atoms with Gasteiger partial charge in [-0.05, 0) is 17.2 Å². The number of phenolic OH excluding ortho intramolecular Hbond substituents is 1. The van der Waals surface area contributed by atoms with E-state index in [1.807, 2.05) is 24.3 Å². The topological polar surface area (TPSA) is 29.5 Å². The van der Waals surface area contributed by atoms with E-state index in [0.29, 0.717) is 0 Å². The largest absolute Gasteiger partial charge is 0.508 e. The Bertz CT molecular complexity index is 505. The van der Waals surface area contributed by atoms with Crippen molar-refractivity contribution in [2.24, 2.45) is 0 Å². The second kappa shape index (κ2) is 3.56. The lowest BCUT2D eigenvalue weighted by Gasteiger charge is -2.10. The summed E-state index contributed by atoms with van der Waals surface area (Å²) in [6.45, 7) is 0. The first-order valence-electron chi connectivity index (χ1n) is 5.36. The van der Waals surface area contributed by atoms with Gasteiger partial charge in [0.25, 0.3) is 0 Å². The predicted octanol–water partition coefficient (Wildman–Crippen LogP) is 3.07. The molecule has 0 spiro atoms. The van der Waals surface area contributed by atoms with Gasteiger partial charge in [0, 0.05) is 12.5 Å². The molecule has 2 aromatic rings. The number of benzene rings is 2. The van der Waals surface area contributed by atoms with Crippen LogP contribution in [0.4, 0.5) is 0 Å². The second-order valence-electron chi connectivity index (χ2n) is 4.01. The molecule has 80 valence electrons. The molecule has 1 aliphatic rings. The van der Waals surface area contributed by atoms with E-state index in [4.69, 9.17) is 4.74 Å². The van der Waals surface area contributed by atoms with E-state index < -0.39 is 0 Å². The SMILES string of the molecule is Oc1ccc2c(c1)OC(c1ccccc1)C2. The smallest absolute Gasteiger partial charge is 0.128 e. The van der Waals surface area contributed by atoms with Crippen LogP contribution in [0, 0.1) is 0 Å². The van der Waals surface area contributed by atoms with Crippen molar-refractivity contribution >= 4 is 0 Å². The zero-order valence-corrected chi connectivity index (χ0v) is 8.76. The van der Waals surface area contributed by atoms with E-state index in [1.165, 1.54) is 5.56 Å². The standard InChI is InChI=1S/C14H12O2/c15-12-7-6-11-8-13(16-14(11)9-12)10-4-2-1-3-5-10/h1-7,9,13,15H,8H2. The van der Waals surface area contributed by atoms with Crippen LogP contribution in [-0.2, 0) is 6.42 Å². The van der Waals surface area contributed by atoms with Crippen molar-refractivity contribution < 1.29 is 9.84 Å². The van der Waals surface area contributed by atoms with Crippen LogP contribution in [0.25, 0.3) is 0 Å². The van der Waals surface area contributed by atoms with Crippen molar-refractivity contribution in [3.8, 4) is 11.5 Å². The fraction of sp³-hybridized carbons (Fsp3) is 0.143. The van der Waals surface area contributed by atoms with Gasteiger partial charge in [0.05, 0.1) is 0 Å². The molecule has 2 heteroatoms. The highest BCUT2D eigenvalue weighted by Gasteiger charge is 2.24. The number of ether oxygens (including phenoxy) is 1. The van der Waals surface area contributed by atoms with Gasteiger partial charge >= 0.3 is 0 Å². The third-order valence-electron chi connectivity index (χ3n) is 2.90. The quantitative estimate of drug-likeness (QED) is 0.787. The molecule has 1 aliphatic heterocycles. The van der Waals surface area contributed by atoms with Gasteiger partial charge < -0.3 is 9.84 Å². The first kappa shape index (κ1) is 9.28. The molecule has 16 heavy (non-hydrogen) atoms. The van der Waals surface area contributed by atoms with Crippen LogP contribution in [0.5, 0.6) is 11.5 Å². The summed E-state index contributed by atoms with van der Waals surface area (Å²) in [7, 11) is 0.